The van der Waals surface area contributed by atoms with Crippen molar-refractivity contribution in [3.05, 3.63) is 69.5 Å². The van der Waals surface area contributed by atoms with Crippen molar-refractivity contribution >= 4 is 17.3 Å². The quantitative estimate of drug-likeness (QED) is 0.537. The van der Waals surface area contributed by atoms with Crippen molar-refractivity contribution < 1.29 is 22.9 Å². The number of carbonyl (C=O) groups excluding carboxylic acids is 1. The maximum Gasteiger partial charge on any atom is 0.271 e. The molecular weight excluding hydrogens is 289 g/mol. The Morgan fingerprint density at radius 1 is 1.10 bits per heavy atom. The number of nitro groups is 1. The van der Waals surface area contributed by atoms with Crippen molar-refractivity contribution in [2.24, 2.45) is 0 Å². The van der Waals surface area contributed by atoms with Crippen LogP contribution in [0, 0.1) is 27.6 Å². The van der Waals surface area contributed by atoms with Crippen LogP contribution >= 0.6 is 0 Å². The lowest BCUT2D eigenvalue weighted by Gasteiger charge is -2.06. The van der Waals surface area contributed by atoms with E-state index in [9.17, 15) is 28.1 Å². The molecule has 0 aliphatic carbocycles. The van der Waals surface area contributed by atoms with Crippen molar-refractivity contribution in [3.63, 3.8) is 0 Å². The average molecular weight is 296 g/mol. The van der Waals surface area contributed by atoms with E-state index < -0.39 is 33.8 Å². The molecule has 0 heterocycles. The molecule has 1 N–H and O–H groups in total. The van der Waals surface area contributed by atoms with Crippen LogP contribution in [0.25, 0.3) is 0 Å². The Kier molecular flexibility index (Phi) is 3.88. The summed E-state index contributed by atoms with van der Waals surface area (Å²) in [6.45, 7) is 0. The predicted molar refractivity (Wildman–Crippen MR) is 67.4 cm³/mol. The van der Waals surface area contributed by atoms with Gasteiger partial charge >= 0.3 is 0 Å². The molecule has 0 bridgehead atoms. The molecule has 0 fully saturated rings. The van der Waals surface area contributed by atoms with E-state index in [2.05, 4.69) is 5.32 Å². The van der Waals surface area contributed by atoms with Crippen LogP contribution in [0.15, 0.2) is 36.4 Å². The van der Waals surface area contributed by atoms with Crippen LogP contribution < -0.4 is 5.32 Å². The first-order valence-electron chi connectivity index (χ1n) is 5.59. The smallest absolute Gasteiger partial charge is 0.271 e. The number of amides is 1. The highest BCUT2D eigenvalue weighted by molar-refractivity contribution is 6.04. The lowest BCUT2D eigenvalue weighted by Crippen LogP contribution is -2.15. The van der Waals surface area contributed by atoms with Gasteiger partial charge in [-0.2, -0.15) is 0 Å². The van der Waals surface area contributed by atoms with Gasteiger partial charge in [-0.1, -0.05) is 6.07 Å². The highest BCUT2D eigenvalue weighted by atomic mass is 19.2. The zero-order valence-electron chi connectivity index (χ0n) is 10.3. The van der Waals surface area contributed by atoms with Gasteiger partial charge in [0.2, 0.25) is 0 Å². The van der Waals surface area contributed by atoms with Crippen molar-refractivity contribution in [2.45, 2.75) is 0 Å². The molecule has 0 saturated carbocycles. The number of carbonyl (C=O) groups is 1. The minimum Gasteiger partial charge on any atom is -0.322 e. The third kappa shape index (κ3) is 2.99. The van der Waals surface area contributed by atoms with Gasteiger partial charge in [-0.25, -0.2) is 13.2 Å². The molecule has 0 aliphatic rings. The van der Waals surface area contributed by atoms with Gasteiger partial charge in [-0.15, -0.1) is 0 Å². The minimum absolute atomic E-state index is 0.0262. The number of nitrogens with zero attached hydrogens (tertiary/aromatic N) is 1. The first-order chi connectivity index (χ1) is 9.90. The number of hydrogen-bond donors (Lipinski definition) is 1. The van der Waals surface area contributed by atoms with Gasteiger partial charge in [0.25, 0.3) is 11.6 Å². The molecule has 0 aromatic heterocycles. The number of benzene rings is 2. The number of anilines is 1. The molecule has 1 amide bonds. The standard InChI is InChI=1S/C13H7F3N2O3/c14-10-5-4-9(11(15)12(10)16)13(19)17-7-2-1-3-8(6-7)18(20)21/h1-6H,(H,17,19). The number of nitro benzene ring substituents is 1. The molecule has 5 nitrogen and oxygen atoms in total. The van der Waals surface area contributed by atoms with Gasteiger partial charge < -0.3 is 5.32 Å². The molecule has 108 valence electrons. The van der Waals surface area contributed by atoms with E-state index in [0.29, 0.717) is 6.07 Å². The van der Waals surface area contributed by atoms with Crippen LogP contribution in [0.1, 0.15) is 10.4 Å². The zero-order chi connectivity index (χ0) is 15.6. The molecule has 0 aliphatic heterocycles. The number of non-ortho nitro benzene ring substituents is 1. The van der Waals surface area contributed by atoms with Crippen LogP contribution in [0.4, 0.5) is 24.5 Å². The molecule has 8 heteroatoms. The van der Waals surface area contributed by atoms with Crippen molar-refractivity contribution in [1.82, 2.24) is 0 Å². The molecular formula is C13H7F3N2O3. The van der Waals surface area contributed by atoms with Gasteiger partial charge in [-0.05, 0) is 18.2 Å². The Labute approximate surface area is 116 Å². The molecule has 2 aromatic rings. The Morgan fingerprint density at radius 2 is 1.81 bits per heavy atom. The number of rotatable bonds is 3. The fourth-order valence-electron chi connectivity index (χ4n) is 1.60. The Balaban J connectivity index is 2.28. The van der Waals surface area contributed by atoms with E-state index in [1.807, 2.05) is 0 Å². The van der Waals surface area contributed by atoms with E-state index in [0.717, 1.165) is 12.1 Å². The normalized spacial score (nSPS) is 10.2. The van der Waals surface area contributed by atoms with Crippen LogP contribution in [0.3, 0.4) is 0 Å². The number of halogens is 3. The second-order valence-electron chi connectivity index (χ2n) is 3.98. The largest absolute Gasteiger partial charge is 0.322 e. The maximum atomic E-state index is 13.4. The van der Waals surface area contributed by atoms with E-state index in [1.54, 1.807) is 0 Å². The molecule has 21 heavy (non-hydrogen) atoms. The third-order valence-electron chi connectivity index (χ3n) is 2.59. The molecule has 0 atom stereocenters. The Morgan fingerprint density at radius 3 is 2.48 bits per heavy atom. The zero-order valence-corrected chi connectivity index (χ0v) is 10.3. The lowest BCUT2D eigenvalue weighted by atomic mass is 10.1. The van der Waals surface area contributed by atoms with Gasteiger partial charge in [-0.3, -0.25) is 14.9 Å². The lowest BCUT2D eigenvalue weighted by molar-refractivity contribution is -0.384. The number of nitrogens with one attached hydrogen (secondary N) is 1. The predicted octanol–water partition coefficient (Wildman–Crippen LogP) is 3.26. The fourth-order valence-corrected chi connectivity index (χ4v) is 1.60. The average Bonchev–Trinajstić information content (AvgIpc) is 2.45. The molecule has 0 unspecified atom stereocenters. The van der Waals surface area contributed by atoms with Gasteiger partial charge in [0, 0.05) is 17.8 Å². The second kappa shape index (κ2) is 5.61. The van der Waals surface area contributed by atoms with Crippen molar-refractivity contribution in [3.8, 4) is 0 Å². The first kappa shape index (κ1) is 14.5. The van der Waals surface area contributed by atoms with Crippen LogP contribution in [-0.2, 0) is 0 Å². The summed E-state index contributed by atoms with van der Waals surface area (Å²) in [4.78, 5) is 21.7. The highest BCUT2D eigenvalue weighted by Gasteiger charge is 2.19. The van der Waals surface area contributed by atoms with Crippen LogP contribution in [0.2, 0.25) is 0 Å². The van der Waals surface area contributed by atoms with E-state index >= 15 is 0 Å². The summed E-state index contributed by atoms with van der Waals surface area (Å²) in [6.07, 6.45) is 0. The van der Waals surface area contributed by atoms with E-state index in [1.165, 1.54) is 18.2 Å². The maximum absolute atomic E-state index is 13.4. The summed E-state index contributed by atoms with van der Waals surface area (Å²) in [5.41, 5.74) is -0.961. The van der Waals surface area contributed by atoms with E-state index in [-0.39, 0.29) is 11.4 Å². The summed E-state index contributed by atoms with van der Waals surface area (Å²) < 4.78 is 39.3. The second-order valence-corrected chi connectivity index (χ2v) is 3.98. The molecule has 0 radical (unpaired) electrons. The van der Waals surface area contributed by atoms with E-state index in [4.69, 9.17) is 0 Å². The van der Waals surface area contributed by atoms with Crippen molar-refractivity contribution in [1.29, 1.82) is 0 Å². The summed E-state index contributed by atoms with van der Waals surface area (Å²) in [5.74, 6) is -5.86. The summed E-state index contributed by atoms with van der Waals surface area (Å²) in [7, 11) is 0. The van der Waals surface area contributed by atoms with Gasteiger partial charge in [0.15, 0.2) is 17.5 Å². The van der Waals surface area contributed by atoms with Gasteiger partial charge in [0.1, 0.15) is 0 Å². The molecule has 2 aromatic carbocycles. The van der Waals surface area contributed by atoms with Crippen LogP contribution in [-0.4, -0.2) is 10.8 Å². The summed E-state index contributed by atoms with van der Waals surface area (Å²) >= 11 is 0. The Bertz CT molecular complexity index is 735. The van der Waals surface area contributed by atoms with Crippen LogP contribution in [0.5, 0.6) is 0 Å². The Hall–Kier alpha value is -2.90. The van der Waals surface area contributed by atoms with Crippen molar-refractivity contribution in [2.75, 3.05) is 5.32 Å². The van der Waals surface area contributed by atoms with Gasteiger partial charge in [0.05, 0.1) is 10.5 Å². The first-order valence-corrected chi connectivity index (χ1v) is 5.59. The fraction of sp³-hybridized carbons (Fsp3) is 0. The third-order valence-corrected chi connectivity index (χ3v) is 2.59. The SMILES string of the molecule is O=C(Nc1cccc([N+](=O)[O-])c1)c1ccc(F)c(F)c1F. The monoisotopic (exact) mass is 296 g/mol. The molecule has 2 rings (SSSR count). The molecule has 0 spiro atoms. The number of hydrogen-bond acceptors (Lipinski definition) is 3. The summed E-state index contributed by atoms with van der Waals surface area (Å²) in [5, 5.41) is 12.8. The topological polar surface area (TPSA) is 72.2 Å². The molecule has 0 saturated heterocycles. The minimum atomic E-state index is -1.76. The highest BCUT2D eigenvalue weighted by Crippen LogP contribution is 2.20. The summed E-state index contributed by atoms with van der Waals surface area (Å²) in [6, 6.07) is 6.29.